The summed E-state index contributed by atoms with van der Waals surface area (Å²) in [5.41, 5.74) is 0.628. The van der Waals surface area contributed by atoms with Crippen LogP contribution in [-0.2, 0) is 5.60 Å². The lowest BCUT2D eigenvalue weighted by atomic mass is 9.96. The molecule has 12 heavy (non-hydrogen) atoms. The second-order valence-corrected chi connectivity index (χ2v) is 3.58. The summed E-state index contributed by atoms with van der Waals surface area (Å²) in [4.78, 5) is 0. The first-order chi connectivity index (χ1) is 5.41. The quantitative estimate of drug-likeness (QED) is 0.669. The van der Waals surface area contributed by atoms with Gasteiger partial charge in [0.25, 0.3) is 0 Å². The first-order valence-corrected chi connectivity index (χ1v) is 3.94. The maximum Gasteiger partial charge on any atom is 0.121 e. The average molecular weight is 166 g/mol. The van der Waals surface area contributed by atoms with E-state index in [1.165, 1.54) is 0 Å². The highest BCUT2D eigenvalue weighted by atomic mass is 16.3. The van der Waals surface area contributed by atoms with Gasteiger partial charge in [0, 0.05) is 5.56 Å². The summed E-state index contributed by atoms with van der Waals surface area (Å²) in [5.74, 6) is 0.146. The van der Waals surface area contributed by atoms with E-state index in [-0.39, 0.29) is 5.75 Å². The Balaban J connectivity index is 3.23. The number of aryl methyl sites for hydroxylation is 1. The van der Waals surface area contributed by atoms with Crippen LogP contribution in [0.1, 0.15) is 25.0 Å². The predicted molar refractivity (Wildman–Crippen MR) is 48.1 cm³/mol. The molecule has 0 amide bonds. The van der Waals surface area contributed by atoms with Gasteiger partial charge in [-0.1, -0.05) is 11.6 Å². The number of benzene rings is 1. The molecule has 1 aromatic rings. The fourth-order valence-corrected chi connectivity index (χ4v) is 1.14. The summed E-state index contributed by atoms with van der Waals surface area (Å²) in [6, 6.07) is 5.20. The Bertz CT molecular complexity index is 284. The van der Waals surface area contributed by atoms with Crippen molar-refractivity contribution in [3.63, 3.8) is 0 Å². The summed E-state index contributed by atoms with van der Waals surface area (Å²) < 4.78 is 0. The SMILES string of the molecule is Cc1ccc(O)c(C(C)(C)O)c1. The topological polar surface area (TPSA) is 40.5 Å². The molecule has 0 saturated carbocycles. The minimum atomic E-state index is -0.976. The van der Waals surface area contributed by atoms with E-state index in [0.29, 0.717) is 5.56 Å². The summed E-state index contributed by atoms with van der Waals surface area (Å²) in [5, 5.41) is 19.0. The van der Waals surface area contributed by atoms with Crippen LogP contribution >= 0.6 is 0 Å². The highest BCUT2D eigenvalue weighted by Crippen LogP contribution is 2.28. The van der Waals surface area contributed by atoms with Crippen molar-refractivity contribution in [2.45, 2.75) is 26.4 Å². The third kappa shape index (κ3) is 1.77. The molecule has 2 N–H and O–H groups in total. The molecule has 0 heterocycles. The van der Waals surface area contributed by atoms with Crippen LogP contribution in [0.4, 0.5) is 0 Å². The summed E-state index contributed by atoms with van der Waals surface area (Å²) >= 11 is 0. The maximum atomic E-state index is 9.63. The van der Waals surface area contributed by atoms with Gasteiger partial charge < -0.3 is 10.2 Å². The van der Waals surface area contributed by atoms with Crippen molar-refractivity contribution in [1.82, 2.24) is 0 Å². The van der Waals surface area contributed by atoms with Gasteiger partial charge in [0.1, 0.15) is 5.75 Å². The van der Waals surface area contributed by atoms with Crippen LogP contribution < -0.4 is 0 Å². The van der Waals surface area contributed by atoms with Crippen molar-refractivity contribution in [2.24, 2.45) is 0 Å². The third-order valence-corrected chi connectivity index (χ3v) is 1.81. The molecule has 66 valence electrons. The zero-order chi connectivity index (χ0) is 9.35. The number of hydrogen-bond donors (Lipinski definition) is 2. The normalized spacial score (nSPS) is 11.7. The fourth-order valence-electron chi connectivity index (χ4n) is 1.14. The molecule has 0 radical (unpaired) electrons. The van der Waals surface area contributed by atoms with E-state index in [1.54, 1.807) is 26.0 Å². The number of aromatic hydroxyl groups is 1. The van der Waals surface area contributed by atoms with Gasteiger partial charge in [0.2, 0.25) is 0 Å². The molecule has 0 spiro atoms. The molecule has 0 fully saturated rings. The summed E-state index contributed by atoms with van der Waals surface area (Å²) in [6.07, 6.45) is 0. The van der Waals surface area contributed by atoms with Gasteiger partial charge in [0.15, 0.2) is 0 Å². The number of rotatable bonds is 1. The first-order valence-electron chi connectivity index (χ1n) is 3.94. The second-order valence-electron chi connectivity index (χ2n) is 3.58. The molecular formula is C10H14O2. The summed E-state index contributed by atoms with van der Waals surface area (Å²) in [7, 11) is 0. The first kappa shape index (κ1) is 9.07. The molecule has 1 rings (SSSR count). The van der Waals surface area contributed by atoms with E-state index < -0.39 is 5.60 Å². The third-order valence-electron chi connectivity index (χ3n) is 1.81. The summed E-state index contributed by atoms with van der Waals surface area (Å²) in [6.45, 7) is 5.23. The van der Waals surface area contributed by atoms with Gasteiger partial charge >= 0.3 is 0 Å². The van der Waals surface area contributed by atoms with Crippen LogP contribution in [0.2, 0.25) is 0 Å². The molecule has 2 heteroatoms. The standard InChI is InChI=1S/C10H14O2/c1-7-4-5-9(11)8(6-7)10(2,3)12/h4-6,11-12H,1-3H3. The zero-order valence-corrected chi connectivity index (χ0v) is 7.63. The van der Waals surface area contributed by atoms with Crippen molar-refractivity contribution >= 4 is 0 Å². The van der Waals surface area contributed by atoms with Gasteiger partial charge in [-0.2, -0.15) is 0 Å². The smallest absolute Gasteiger partial charge is 0.121 e. The lowest BCUT2D eigenvalue weighted by Gasteiger charge is -2.19. The van der Waals surface area contributed by atoms with Crippen molar-refractivity contribution in [3.05, 3.63) is 29.3 Å². The largest absolute Gasteiger partial charge is 0.508 e. The van der Waals surface area contributed by atoms with E-state index in [1.807, 2.05) is 13.0 Å². The van der Waals surface area contributed by atoms with Crippen LogP contribution in [0, 0.1) is 6.92 Å². The van der Waals surface area contributed by atoms with E-state index >= 15 is 0 Å². The zero-order valence-electron chi connectivity index (χ0n) is 7.63. The Morgan fingerprint density at radius 1 is 1.25 bits per heavy atom. The van der Waals surface area contributed by atoms with Gasteiger partial charge in [-0.15, -0.1) is 0 Å². The van der Waals surface area contributed by atoms with Crippen molar-refractivity contribution < 1.29 is 10.2 Å². The number of phenolic OH excluding ortho intramolecular Hbond substituents is 1. The van der Waals surface area contributed by atoms with E-state index in [9.17, 15) is 10.2 Å². The van der Waals surface area contributed by atoms with Gasteiger partial charge in [-0.3, -0.25) is 0 Å². The van der Waals surface area contributed by atoms with Crippen molar-refractivity contribution in [3.8, 4) is 5.75 Å². The molecule has 0 aliphatic carbocycles. The fraction of sp³-hybridized carbons (Fsp3) is 0.400. The average Bonchev–Trinajstić information content (AvgIpc) is 1.92. The second kappa shape index (κ2) is 2.79. The molecule has 1 aromatic carbocycles. The van der Waals surface area contributed by atoms with E-state index in [2.05, 4.69) is 0 Å². The number of aliphatic hydroxyl groups is 1. The number of phenols is 1. The van der Waals surface area contributed by atoms with E-state index in [4.69, 9.17) is 0 Å². The van der Waals surface area contributed by atoms with Crippen LogP contribution in [0.3, 0.4) is 0 Å². The molecule has 0 atom stereocenters. The maximum absolute atomic E-state index is 9.63. The molecule has 0 unspecified atom stereocenters. The molecule has 0 aliphatic heterocycles. The van der Waals surface area contributed by atoms with Crippen LogP contribution in [0.5, 0.6) is 5.75 Å². The Labute approximate surface area is 72.5 Å². The molecule has 0 aliphatic rings. The predicted octanol–water partition coefficient (Wildman–Crippen LogP) is 1.93. The van der Waals surface area contributed by atoms with Crippen molar-refractivity contribution in [2.75, 3.05) is 0 Å². The lowest BCUT2D eigenvalue weighted by Crippen LogP contribution is -2.15. The van der Waals surface area contributed by atoms with E-state index in [0.717, 1.165) is 5.56 Å². The molecule has 0 saturated heterocycles. The van der Waals surface area contributed by atoms with Crippen LogP contribution in [-0.4, -0.2) is 10.2 Å². The Kier molecular flexibility index (Phi) is 2.11. The van der Waals surface area contributed by atoms with Crippen molar-refractivity contribution in [1.29, 1.82) is 0 Å². The van der Waals surface area contributed by atoms with Gasteiger partial charge in [-0.25, -0.2) is 0 Å². The minimum absolute atomic E-state index is 0.146. The molecule has 0 aromatic heterocycles. The molecule has 0 bridgehead atoms. The Morgan fingerprint density at radius 2 is 1.83 bits per heavy atom. The Morgan fingerprint density at radius 3 is 2.25 bits per heavy atom. The monoisotopic (exact) mass is 166 g/mol. The number of hydrogen-bond acceptors (Lipinski definition) is 2. The molecule has 2 nitrogen and oxygen atoms in total. The highest BCUT2D eigenvalue weighted by molar-refractivity contribution is 5.38. The molecular weight excluding hydrogens is 152 g/mol. The Hall–Kier alpha value is -1.02. The highest BCUT2D eigenvalue weighted by Gasteiger charge is 2.19. The van der Waals surface area contributed by atoms with Crippen LogP contribution in [0.15, 0.2) is 18.2 Å². The van der Waals surface area contributed by atoms with Gasteiger partial charge in [-0.05, 0) is 32.9 Å². The van der Waals surface area contributed by atoms with Crippen LogP contribution in [0.25, 0.3) is 0 Å². The lowest BCUT2D eigenvalue weighted by molar-refractivity contribution is 0.0758. The minimum Gasteiger partial charge on any atom is -0.508 e. The van der Waals surface area contributed by atoms with Gasteiger partial charge in [0.05, 0.1) is 5.60 Å².